The highest BCUT2D eigenvalue weighted by atomic mass is 32.2. The zero-order valence-electron chi connectivity index (χ0n) is 20.8. The summed E-state index contributed by atoms with van der Waals surface area (Å²) in [5.41, 5.74) is 1.30. The van der Waals surface area contributed by atoms with Crippen molar-refractivity contribution in [3.8, 4) is 11.5 Å². The number of aryl methyl sites for hydroxylation is 1. The van der Waals surface area contributed by atoms with Gasteiger partial charge in [0.05, 0.1) is 15.1 Å². The van der Waals surface area contributed by atoms with Crippen LogP contribution in [0.15, 0.2) is 46.3 Å². The molecule has 2 aromatic carbocycles. The fourth-order valence-corrected chi connectivity index (χ4v) is 7.75. The number of rotatable bonds is 5. The van der Waals surface area contributed by atoms with Gasteiger partial charge in [0.2, 0.25) is 10.0 Å². The number of nitrogens with zero attached hydrogens (tertiary/aromatic N) is 3. The Labute approximate surface area is 215 Å². The Morgan fingerprint density at radius 1 is 1.06 bits per heavy atom. The van der Waals surface area contributed by atoms with Gasteiger partial charge >= 0.3 is 0 Å². The molecule has 2 atom stereocenters. The Morgan fingerprint density at radius 3 is 2.33 bits per heavy atom. The van der Waals surface area contributed by atoms with Crippen LogP contribution in [-0.2, 0) is 16.6 Å². The van der Waals surface area contributed by atoms with E-state index < -0.39 is 15.9 Å². The van der Waals surface area contributed by atoms with Crippen molar-refractivity contribution in [2.75, 3.05) is 26.3 Å². The largest absolute Gasteiger partial charge is 0.486 e. The summed E-state index contributed by atoms with van der Waals surface area (Å²) in [6, 6.07) is 10.00. The molecule has 0 radical (unpaired) electrons. The van der Waals surface area contributed by atoms with E-state index in [0.29, 0.717) is 66.5 Å². The van der Waals surface area contributed by atoms with Gasteiger partial charge in [-0.25, -0.2) is 8.42 Å². The van der Waals surface area contributed by atoms with Crippen LogP contribution in [0.2, 0.25) is 0 Å². The SMILES string of the molecule is CCCn1c(=NC(=O)c2ccc(S(=O)(=O)N3CC(C)CC(C)C3)cc2)sc2cc3c(cc21)OCCO3. The summed E-state index contributed by atoms with van der Waals surface area (Å²) in [5.74, 6) is 1.63. The molecule has 192 valence electrons. The summed E-state index contributed by atoms with van der Waals surface area (Å²) in [5, 5.41) is 0. The fraction of sp³-hybridized carbons (Fsp3) is 0.462. The number of aromatic nitrogens is 1. The highest BCUT2D eigenvalue weighted by Crippen LogP contribution is 2.35. The van der Waals surface area contributed by atoms with Crippen molar-refractivity contribution in [3.05, 3.63) is 46.8 Å². The lowest BCUT2D eigenvalue weighted by Gasteiger charge is -2.34. The van der Waals surface area contributed by atoms with Gasteiger partial charge in [-0.1, -0.05) is 32.1 Å². The van der Waals surface area contributed by atoms with Crippen molar-refractivity contribution in [1.29, 1.82) is 0 Å². The summed E-state index contributed by atoms with van der Waals surface area (Å²) in [7, 11) is -3.60. The molecule has 1 saturated heterocycles. The lowest BCUT2D eigenvalue weighted by Crippen LogP contribution is -2.42. The van der Waals surface area contributed by atoms with Crippen LogP contribution in [0.1, 0.15) is 44.0 Å². The summed E-state index contributed by atoms with van der Waals surface area (Å²) in [6.45, 7) is 8.99. The van der Waals surface area contributed by atoms with Gasteiger partial charge in [0.15, 0.2) is 16.3 Å². The maximum absolute atomic E-state index is 13.2. The van der Waals surface area contributed by atoms with Gasteiger partial charge in [-0.15, -0.1) is 0 Å². The van der Waals surface area contributed by atoms with Crippen LogP contribution in [0, 0.1) is 11.8 Å². The highest BCUT2D eigenvalue weighted by Gasteiger charge is 2.31. The third-order valence-electron chi connectivity index (χ3n) is 6.57. The summed E-state index contributed by atoms with van der Waals surface area (Å²) >= 11 is 1.42. The molecular formula is C26H31N3O5S2. The summed E-state index contributed by atoms with van der Waals surface area (Å²) in [6.07, 6.45) is 1.90. The summed E-state index contributed by atoms with van der Waals surface area (Å²) < 4.78 is 42.3. The molecule has 1 amide bonds. The molecule has 10 heteroatoms. The first-order valence-electron chi connectivity index (χ1n) is 12.4. The number of benzene rings is 2. The van der Waals surface area contributed by atoms with Crippen LogP contribution < -0.4 is 14.3 Å². The van der Waals surface area contributed by atoms with Crippen LogP contribution >= 0.6 is 11.3 Å². The lowest BCUT2D eigenvalue weighted by molar-refractivity contribution is 0.0997. The molecule has 36 heavy (non-hydrogen) atoms. The molecule has 2 aliphatic heterocycles. The number of carbonyl (C=O) groups excluding carboxylic acids is 1. The van der Waals surface area contributed by atoms with Crippen molar-refractivity contribution < 1.29 is 22.7 Å². The van der Waals surface area contributed by atoms with Gasteiger partial charge in [-0.2, -0.15) is 9.30 Å². The number of carbonyl (C=O) groups is 1. The van der Waals surface area contributed by atoms with E-state index >= 15 is 0 Å². The molecule has 5 rings (SSSR count). The molecule has 1 fully saturated rings. The Balaban J connectivity index is 1.45. The third kappa shape index (κ3) is 4.81. The second kappa shape index (κ2) is 9.99. The molecule has 1 aromatic heterocycles. The van der Waals surface area contributed by atoms with Crippen LogP contribution in [0.4, 0.5) is 0 Å². The van der Waals surface area contributed by atoms with Crippen LogP contribution in [-0.4, -0.2) is 49.5 Å². The van der Waals surface area contributed by atoms with E-state index in [0.717, 1.165) is 23.1 Å². The number of hydrogen-bond acceptors (Lipinski definition) is 6. The first-order valence-corrected chi connectivity index (χ1v) is 14.6. The minimum atomic E-state index is -3.60. The normalized spacial score (nSPS) is 21.1. The maximum Gasteiger partial charge on any atom is 0.279 e. The van der Waals surface area contributed by atoms with Gasteiger partial charge < -0.3 is 14.0 Å². The van der Waals surface area contributed by atoms with E-state index in [1.54, 1.807) is 16.4 Å². The molecule has 0 aliphatic carbocycles. The van der Waals surface area contributed by atoms with Crippen LogP contribution in [0.3, 0.4) is 0 Å². The molecule has 2 unspecified atom stereocenters. The van der Waals surface area contributed by atoms with Crippen LogP contribution in [0.5, 0.6) is 11.5 Å². The topological polar surface area (TPSA) is 90.2 Å². The Morgan fingerprint density at radius 2 is 1.69 bits per heavy atom. The van der Waals surface area contributed by atoms with E-state index in [2.05, 4.69) is 25.8 Å². The molecule has 0 N–H and O–H groups in total. The first-order chi connectivity index (χ1) is 17.3. The molecule has 0 spiro atoms. The zero-order valence-corrected chi connectivity index (χ0v) is 22.4. The number of amides is 1. The third-order valence-corrected chi connectivity index (χ3v) is 9.45. The minimum Gasteiger partial charge on any atom is -0.486 e. The smallest absolute Gasteiger partial charge is 0.279 e. The number of sulfonamides is 1. The number of ether oxygens (including phenoxy) is 2. The van der Waals surface area contributed by atoms with Gasteiger partial charge in [-0.3, -0.25) is 4.79 Å². The van der Waals surface area contributed by atoms with Crippen molar-refractivity contribution >= 4 is 37.5 Å². The minimum absolute atomic E-state index is 0.203. The van der Waals surface area contributed by atoms with Crippen molar-refractivity contribution in [2.45, 2.75) is 45.1 Å². The van der Waals surface area contributed by atoms with E-state index in [1.807, 2.05) is 16.7 Å². The van der Waals surface area contributed by atoms with Crippen molar-refractivity contribution in [1.82, 2.24) is 8.87 Å². The van der Waals surface area contributed by atoms with E-state index in [4.69, 9.17) is 9.47 Å². The summed E-state index contributed by atoms with van der Waals surface area (Å²) in [4.78, 5) is 18.3. The lowest BCUT2D eigenvalue weighted by atomic mass is 9.94. The average molecular weight is 530 g/mol. The van der Waals surface area contributed by atoms with E-state index in [9.17, 15) is 13.2 Å². The van der Waals surface area contributed by atoms with Crippen molar-refractivity contribution in [2.24, 2.45) is 16.8 Å². The quantitative estimate of drug-likeness (QED) is 0.492. The number of piperidine rings is 1. The maximum atomic E-state index is 13.2. The Bertz CT molecular complexity index is 1450. The standard InChI is InChI=1S/C26H31N3O5S2/c1-4-9-29-21-13-22-23(34-11-10-33-22)14-24(21)35-26(29)27-25(30)19-5-7-20(8-6-19)36(31,32)28-15-17(2)12-18(3)16-28/h5-8,13-14,17-18H,4,9-12,15-16H2,1-3H3. The molecule has 2 aliphatic rings. The highest BCUT2D eigenvalue weighted by molar-refractivity contribution is 7.89. The predicted molar refractivity (Wildman–Crippen MR) is 139 cm³/mol. The number of hydrogen-bond donors (Lipinski definition) is 0. The van der Waals surface area contributed by atoms with Gasteiger partial charge in [0.1, 0.15) is 13.2 Å². The van der Waals surface area contributed by atoms with Crippen LogP contribution in [0.25, 0.3) is 10.2 Å². The molecule has 3 aromatic rings. The van der Waals surface area contributed by atoms with Gasteiger partial charge in [0, 0.05) is 37.3 Å². The average Bonchev–Trinajstić information content (AvgIpc) is 3.18. The molecular weight excluding hydrogens is 498 g/mol. The number of thiazole rings is 1. The van der Waals surface area contributed by atoms with E-state index in [-0.39, 0.29) is 4.90 Å². The second-order valence-corrected chi connectivity index (χ2v) is 12.7. The Hall–Kier alpha value is -2.69. The first kappa shape index (κ1) is 25.0. The predicted octanol–water partition coefficient (Wildman–Crippen LogP) is 4.29. The monoisotopic (exact) mass is 529 g/mol. The number of fused-ring (bicyclic) bond motifs is 2. The second-order valence-electron chi connectivity index (χ2n) is 9.71. The zero-order chi connectivity index (χ0) is 25.4. The molecule has 0 saturated carbocycles. The van der Waals surface area contributed by atoms with Crippen molar-refractivity contribution in [3.63, 3.8) is 0 Å². The molecule has 3 heterocycles. The molecule has 0 bridgehead atoms. The molecule has 8 nitrogen and oxygen atoms in total. The van der Waals surface area contributed by atoms with E-state index in [1.165, 1.54) is 23.5 Å². The van der Waals surface area contributed by atoms with Gasteiger partial charge in [0.25, 0.3) is 5.91 Å². The Kier molecular flexibility index (Phi) is 6.93. The van der Waals surface area contributed by atoms with Gasteiger partial charge in [-0.05, 0) is 48.9 Å². The fourth-order valence-electron chi connectivity index (χ4n) is 5.00.